The SMILES string of the molecule is Cc1ccnc(C(=O)N2CCC[C@@]3(C[C@H](OCC4CC4)CO3)C2)c1. The van der Waals surface area contributed by atoms with Gasteiger partial charge in [0.25, 0.3) is 5.91 Å². The van der Waals surface area contributed by atoms with Gasteiger partial charge in [0.15, 0.2) is 0 Å². The normalized spacial score (nSPS) is 30.0. The van der Waals surface area contributed by atoms with E-state index in [0.29, 0.717) is 18.8 Å². The standard InChI is InChI=1S/C19H26N2O3/c1-14-5-7-20-17(9-14)18(22)21-8-2-6-19(13-21)10-16(12-24-19)23-11-15-3-4-15/h5,7,9,15-16H,2-4,6,8,10-13H2,1H3/t16-,19+/m0/s1. The van der Waals surface area contributed by atoms with Crippen molar-refractivity contribution in [1.29, 1.82) is 0 Å². The van der Waals surface area contributed by atoms with Gasteiger partial charge in [-0.25, -0.2) is 0 Å². The smallest absolute Gasteiger partial charge is 0.272 e. The zero-order chi connectivity index (χ0) is 16.6. The van der Waals surface area contributed by atoms with E-state index in [0.717, 1.165) is 43.9 Å². The van der Waals surface area contributed by atoms with Crippen LogP contribution in [0.3, 0.4) is 0 Å². The van der Waals surface area contributed by atoms with Crippen LogP contribution in [0.2, 0.25) is 0 Å². The molecular weight excluding hydrogens is 304 g/mol. The first-order valence-corrected chi connectivity index (χ1v) is 9.11. The van der Waals surface area contributed by atoms with Crippen LogP contribution in [0.4, 0.5) is 0 Å². The number of hydrogen-bond acceptors (Lipinski definition) is 4. The number of pyridine rings is 1. The molecule has 2 aliphatic heterocycles. The van der Waals surface area contributed by atoms with Gasteiger partial charge in [-0.1, -0.05) is 0 Å². The number of nitrogens with zero attached hydrogens (tertiary/aromatic N) is 2. The summed E-state index contributed by atoms with van der Waals surface area (Å²) >= 11 is 0. The Kier molecular flexibility index (Phi) is 4.31. The van der Waals surface area contributed by atoms with Crippen molar-refractivity contribution < 1.29 is 14.3 Å². The van der Waals surface area contributed by atoms with Gasteiger partial charge in [0.1, 0.15) is 5.69 Å². The summed E-state index contributed by atoms with van der Waals surface area (Å²) in [5.74, 6) is 0.794. The van der Waals surface area contributed by atoms with Gasteiger partial charge in [0.2, 0.25) is 0 Å². The van der Waals surface area contributed by atoms with Gasteiger partial charge in [0, 0.05) is 25.8 Å². The summed E-state index contributed by atoms with van der Waals surface area (Å²) in [5.41, 5.74) is 1.38. The third-order valence-electron chi connectivity index (χ3n) is 5.40. The Morgan fingerprint density at radius 2 is 2.38 bits per heavy atom. The van der Waals surface area contributed by atoms with Crippen LogP contribution in [-0.4, -0.2) is 53.8 Å². The van der Waals surface area contributed by atoms with Gasteiger partial charge in [-0.05, 0) is 56.2 Å². The van der Waals surface area contributed by atoms with Crippen molar-refractivity contribution in [3.8, 4) is 0 Å². The molecule has 0 N–H and O–H groups in total. The van der Waals surface area contributed by atoms with Gasteiger partial charge in [-0.15, -0.1) is 0 Å². The molecule has 4 rings (SSSR count). The summed E-state index contributed by atoms with van der Waals surface area (Å²) in [5, 5.41) is 0. The van der Waals surface area contributed by atoms with Crippen molar-refractivity contribution in [3.05, 3.63) is 29.6 Å². The van der Waals surface area contributed by atoms with Crippen molar-refractivity contribution in [1.82, 2.24) is 9.88 Å². The zero-order valence-corrected chi connectivity index (χ0v) is 14.4. The molecule has 24 heavy (non-hydrogen) atoms. The number of hydrogen-bond donors (Lipinski definition) is 0. The first-order chi connectivity index (χ1) is 11.6. The molecule has 2 saturated heterocycles. The molecule has 1 aromatic heterocycles. The van der Waals surface area contributed by atoms with Crippen molar-refractivity contribution in [2.45, 2.75) is 50.7 Å². The van der Waals surface area contributed by atoms with E-state index in [-0.39, 0.29) is 17.6 Å². The molecule has 3 heterocycles. The molecule has 3 fully saturated rings. The lowest BCUT2D eigenvalue weighted by Gasteiger charge is -2.39. The summed E-state index contributed by atoms with van der Waals surface area (Å²) in [4.78, 5) is 18.9. The topological polar surface area (TPSA) is 51.7 Å². The number of carbonyl (C=O) groups is 1. The van der Waals surface area contributed by atoms with E-state index < -0.39 is 0 Å². The minimum Gasteiger partial charge on any atom is -0.375 e. The average molecular weight is 330 g/mol. The Morgan fingerprint density at radius 3 is 3.17 bits per heavy atom. The van der Waals surface area contributed by atoms with E-state index in [1.807, 2.05) is 24.0 Å². The molecule has 1 amide bonds. The second-order valence-electron chi connectivity index (χ2n) is 7.65. The fourth-order valence-electron chi connectivity index (χ4n) is 3.84. The summed E-state index contributed by atoms with van der Waals surface area (Å²) in [7, 11) is 0. The maximum Gasteiger partial charge on any atom is 0.272 e. The number of likely N-dealkylation sites (tertiary alicyclic amines) is 1. The fourth-order valence-corrected chi connectivity index (χ4v) is 3.84. The molecule has 3 aliphatic rings. The van der Waals surface area contributed by atoms with Crippen LogP contribution >= 0.6 is 0 Å². The van der Waals surface area contributed by atoms with E-state index in [1.165, 1.54) is 12.8 Å². The third-order valence-corrected chi connectivity index (χ3v) is 5.40. The molecule has 130 valence electrons. The molecule has 1 saturated carbocycles. The van der Waals surface area contributed by atoms with Crippen LogP contribution in [0.15, 0.2) is 18.3 Å². The second-order valence-corrected chi connectivity index (χ2v) is 7.65. The minimum atomic E-state index is -0.216. The Morgan fingerprint density at radius 1 is 1.50 bits per heavy atom. The molecule has 1 aromatic rings. The average Bonchev–Trinajstić information content (AvgIpc) is 3.35. The number of piperidine rings is 1. The van der Waals surface area contributed by atoms with E-state index in [2.05, 4.69) is 4.98 Å². The predicted molar refractivity (Wildman–Crippen MR) is 89.9 cm³/mol. The fraction of sp³-hybridized carbons (Fsp3) is 0.684. The van der Waals surface area contributed by atoms with Crippen LogP contribution < -0.4 is 0 Å². The highest BCUT2D eigenvalue weighted by atomic mass is 16.6. The zero-order valence-electron chi connectivity index (χ0n) is 14.4. The lowest BCUT2D eigenvalue weighted by Crippen LogP contribution is -2.50. The van der Waals surface area contributed by atoms with Gasteiger partial charge in [-0.3, -0.25) is 9.78 Å². The number of carbonyl (C=O) groups excluding carboxylic acids is 1. The molecule has 0 bridgehead atoms. The molecule has 5 nitrogen and oxygen atoms in total. The first kappa shape index (κ1) is 16.0. The molecule has 1 aliphatic carbocycles. The number of rotatable bonds is 4. The summed E-state index contributed by atoms with van der Waals surface area (Å²) in [6.07, 6.45) is 7.42. The third kappa shape index (κ3) is 3.47. The van der Waals surface area contributed by atoms with Crippen LogP contribution in [0.5, 0.6) is 0 Å². The van der Waals surface area contributed by atoms with Crippen molar-refractivity contribution in [3.63, 3.8) is 0 Å². The molecular formula is C19H26N2O3. The lowest BCUT2D eigenvalue weighted by molar-refractivity contribution is -0.0466. The highest BCUT2D eigenvalue weighted by Crippen LogP contribution is 2.37. The molecule has 0 unspecified atom stereocenters. The number of aryl methyl sites for hydroxylation is 1. The Balaban J connectivity index is 1.39. The number of ether oxygens (including phenoxy) is 2. The predicted octanol–water partition coefficient (Wildman–Crippen LogP) is 2.58. The first-order valence-electron chi connectivity index (χ1n) is 9.11. The van der Waals surface area contributed by atoms with Gasteiger partial charge >= 0.3 is 0 Å². The van der Waals surface area contributed by atoms with Crippen LogP contribution in [-0.2, 0) is 9.47 Å². The van der Waals surface area contributed by atoms with Crippen LogP contribution in [0.1, 0.15) is 48.2 Å². The lowest BCUT2D eigenvalue weighted by atomic mass is 9.89. The van der Waals surface area contributed by atoms with Crippen molar-refractivity contribution >= 4 is 5.91 Å². The van der Waals surface area contributed by atoms with Gasteiger partial charge in [-0.2, -0.15) is 0 Å². The number of aromatic nitrogens is 1. The monoisotopic (exact) mass is 330 g/mol. The molecule has 0 radical (unpaired) electrons. The highest BCUT2D eigenvalue weighted by Gasteiger charge is 2.45. The number of amides is 1. The molecule has 2 atom stereocenters. The van der Waals surface area contributed by atoms with E-state index in [1.54, 1.807) is 6.20 Å². The van der Waals surface area contributed by atoms with Crippen molar-refractivity contribution in [2.75, 3.05) is 26.3 Å². The molecule has 5 heteroatoms. The summed E-state index contributed by atoms with van der Waals surface area (Å²) < 4.78 is 12.2. The molecule has 0 aromatic carbocycles. The van der Waals surface area contributed by atoms with E-state index in [4.69, 9.17) is 9.47 Å². The van der Waals surface area contributed by atoms with E-state index >= 15 is 0 Å². The van der Waals surface area contributed by atoms with Crippen LogP contribution in [0, 0.1) is 12.8 Å². The Labute approximate surface area is 143 Å². The van der Waals surface area contributed by atoms with Gasteiger partial charge < -0.3 is 14.4 Å². The summed E-state index contributed by atoms with van der Waals surface area (Å²) in [6.45, 7) is 4.97. The maximum absolute atomic E-state index is 12.8. The molecule has 1 spiro atoms. The Bertz CT molecular complexity index is 616. The van der Waals surface area contributed by atoms with Crippen molar-refractivity contribution in [2.24, 2.45) is 5.92 Å². The minimum absolute atomic E-state index is 0.0173. The Hall–Kier alpha value is -1.46. The second kappa shape index (κ2) is 6.45. The highest BCUT2D eigenvalue weighted by molar-refractivity contribution is 5.92. The maximum atomic E-state index is 12.8. The largest absolute Gasteiger partial charge is 0.375 e. The summed E-state index contributed by atoms with van der Waals surface area (Å²) in [6, 6.07) is 3.77. The van der Waals surface area contributed by atoms with Crippen LogP contribution in [0.25, 0.3) is 0 Å². The quantitative estimate of drug-likeness (QED) is 0.851. The van der Waals surface area contributed by atoms with E-state index in [9.17, 15) is 4.79 Å². The van der Waals surface area contributed by atoms with Gasteiger partial charge in [0.05, 0.1) is 24.9 Å².